The van der Waals surface area contributed by atoms with Crippen LogP contribution >= 0.6 is 0 Å². The lowest BCUT2D eigenvalue weighted by Gasteiger charge is -2.43. The topological polar surface area (TPSA) is 116 Å². The van der Waals surface area contributed by atoms with Crippen molar-refractivity contribution in [1.82, 2.24) is 0 Å². The van der Waals surface area contributed by atoms with E-state index >= 15 is 0 Å². The minimum Gasteiger partial charge on any atom is -0.496 e. The Bertz CT molecular complexity index is 958. The molecule has 0 fully saturated rings. The van der Waals surface area contributed by atoms with Gasteiger partial charge in [-0.25, -0.2) is 0 Å². The molecule has 0 radical (unpaired) electrons. The Labute approximate surface area is 165 Å². The van der Waals surface area contributed by atoms with E-state index in [1.807, 2.05) is 24.3 Å². The molecule has 142 valence electrons. The van der Waals surface area contributed by atoms with Crippen molar-refractivity contribution in [3.8, 4) is 24.0 Å². The molecule has 28 heavy (non-hydrogen) atoms. The van der Waals surface area contributed by atoms with Gasteiger partial charge in [-0.15, -0.1) is 0 Å². The van der Waals surface area contributed by atoms with Gasteiger partial charge in [0, 0.05) is 18.6 Å². The number of nitrogens with two attached hydrogens (primary N) is 1. The van der Waals surface area contributed by atoms with E-state index in [4.69, 9.17) is 15.2 Å². The number of hydrogen-bond donors (Lipinski definition) is 1. The molecule has 2 aliphatic carbocycles. The van der Waals surface area contributed by atoms with Gasteiger partial charge in [0.25, 0.3) is 0 Å². The molecule has 2 aliphatic rings. The van der Waals surface area contributed by atoms with E-state index in [1.54, 1.807) is 14.2 Å². The Morgan fingerprint density at radius 3 is 2.57 bits per heavy atom. The zero-order valence-electron chi connectivity index (χ0n) is 16.0. The van der Waals surface area contributed by atoms with Crippen molar-refractivity contribution >= 4 is 0 Å². The zero-order chi connectivity index (χ0) is 20.3. The van der Waals surface area contributed by atoms with Crippen molar-refractivity contribution in [2.24, 2.45) is 17.1 Å². The minimum absolute atomic E-state index is 0.0542. The second-order valence-corrected chi connectivity index (χ2v) is 7.11. The van der Waals surface area contributed by atoms with Crippen molar-refractivity contribution in [2.45, 2.75) is 31.8 Å². The summed E-state index contributed by atoms with van der Waals surface area (Å²) < 4.78 is 10.7. The van der Waals surface area contributed by atoms with Crippen LogP contribution in [0.4, 0.5) is 0 Å². The molecule has 0 amide bonds. The lowest BCUT2D eigenvalue weighted by molar-refractivity contribution is 0.181. The largest absolute Gasteiger partial charge is 0.496 e. The van der Waals surface area contributed by atoms with Gasteiger partial charge in [0.05, 0.1) is 37.1 Å². The van der Waals surface area contributed by atoms with Crippen molar-refractivity contribution < 1.29 is 9.47 Å². The maximum atomic E-state index is 10.1. The first-order valence-corrected chi connectivity index (χ1v) is 9.16. The third-order valence-corrected chi connectivity index (χ3v) is 5.76. The minimum atomic E-state index is -1.59. The Morgan fingerprint density at radius 2 is 1.96 bits per heavy atom. The summed E-state index contributed by atoms with van der Waals surface area (Å²) in [6.07, 6.45) is 4.63. The van der Waals surface area contributed by atoms with Crippen LogP contribution in [0.25, 0.3) is 0 Å². The van der Waals surface area contributed by atoms with Gasteiger partial charge in [-0.05, 0) is 48.4 Å². The summed E-state index contributed by atoms with van der Waals surface area (Å²) in [6, 6.07) is 12.1. The van der Waals surface area contributed by atoms with E-state index in [2.05, 4.69) is 18.2 Å². The van der Waals surface area contributed by atoms with E-state index in [0.29, 0.717) is 12.4 Å². The maximum absolute atomic E-state index is 10.1. The molecule has 0 spiro atoms. The Balaban J connectivity index is 2.28. The number of fused-ring (bicyclic) bond motifs is 1. The number of rotatable bonds is 4. The number of nitrogens with zero attached hydrogens (tertiary/aromatic N) is 3. The number of ether oxygens (including phenoxy) is 2. The standard InChI is InChI=1S/C22H22N4O2/c1-27-11-15-9-14(7-8-19(15)28-2)20-17-6-4-3-5-16(17)18(10-23)21(26)22(20,12-24)13-25/h5,7-9,17,20H,3-4,6,11,26H2,1-2H3/t17-,20-/m0/s1. The van der Waals surface area contributed by atoms with Gasteiger partial charge in [0.15, 0.2) is 5.41 Å². The third-order valence-electron chi connectivity index (χ3n) is 5.76. The monoisotopic (exact) mass is 374 g/mol. The number of allylic oxidation sites excluding steroid dienone is 4. The van der Waals surface area contributed by atoms with Crippen LogP contribution < -0.4 is 10.5 Å². The molecule has 0 aliphatic heterocycles. The molecule has 0 unspecified atom stereocenters. The van der Waals surface area contributed by atoms with Gasteiger partial charge < -0.3 is 15.2 Å². The first-order chi connectivity index (χ1) is 13.6. The molecule has 1 aromatic carbocycles. The third kappa shape index (κ3) is 2.82. The highest BCUT2D eigenvalue weighted by Gasteiger charge is 2.53. The predicted octanol–water partition coefficient (Wildman–Crippen LogP) is 3.44. The molecular formula is C22H22N4O2. The summed E-state index contributed by atoms with van der Waals surface area (Å²) in [6.45, 7) is 0.345. The van der Waals surface area contributed by atoms with Crippen molar-refractivity contribution in [2.75, 3.05) is 14.2 Å². The highest BCUT2D eigenvalue weighted by atomic mass is 16.5. The molecular weight excluding hydrogens is 352 g/mol. The fraction of sp³-hybridized carbons (Fsp3) is 0.409. The SMILES string of the molecule is COCc1cc([C@H]2[C@H]3CCCC=C3C(C#N)=C(N)C2(C#N)C#N)ccc1OC. The summed E-state index contributed by atoms with van der Waals surface area (Å²) in [7, 11) is 3.19. The molecule has 6 nitrogen and oxygen atoms in total. The highest BCUT2D eigenvalue weighted by Crippen LogP contribution is 2.56. The van der Waals surface area contributed by atoms with Crippen LogP contribution in [0.5, 0.6) is 5.75 Å². The molecule has 0 bridgehead atoms. The summed E-state index contributed by atoms with van der Waals surface area (Å²) in [5, 5.41) is 29.8. The van der Waals surface area contributed by atoms with E-state index < -0.39 is 11.3 Å². The number of methoxy groups -OCH3 is 2. The first kappa shape index (κ1) is 19.5. The second kappa shape index (κ2) is 7.77. The van der Waals surface area contributed by atoms with Crippen LogP contribution in [0.2, 0.25) is 0 Å². The predicted molar refractivity (Wildman–Crippen MR) is 102 cm³/mol. The summed E-state index contributed by atoms with van der Waals surface area (Å²) >= 11 is 0. The summed E-state index contributed by atoms with van der Waals surface area (Å²) in [5.74, 6) is 0.105. The summed E-state index contributed by atoms with van der Waals surface area (Å²) in [4.78, 5) is 0. The number of benzene rings is 1. The molecule has 3 rings (SSSR count). The average Bonchev–Trinajstić information content (AvgIpc) is 2.73. The van der Waals surface area contributed by atoms with Gasteiger partial charge >= 0.3 is 0 Å². The maximum Gasteiger partial charge on any atom is 0.191 e. The number of nitriles is 3. The Morgan fingerprint density at radius 1 is 1.21 bits per heavy atom. The van der Waals surface area contributed by atoms with Gasteiger partial charge in [-0.3, -0.25) is 0 Å². The molecule has 0 aromatic heterocycles. The van der Waals surface area contributed by atoms with Crippen LogP contribution in [0, 0.1) is 45.3 Å². The summed E-state index contributed by atoms with van der Waals surface area (Å²) in [5.41, 5.74) is 7.57. The molecule has 0 heterocycles. The smallest absolute Gasteiger partial charge is 0.191 e. The highest BCUT2D eigenvalue weighted by molar-refractivity contribution is 5.59. The Hall–Kier alpha value is -3.27. The van der Waals surface area contributed by atoms with Crippen LogP contribution in [0.15, 0.2) is 41.1 Å². The fourth-order valence-corrected chi connectivity index (χ4v) is 4.51. The van der Waals surface area contributed by atoms with E-state index in [0.717, 1.165) is 36.0 Å². The van der Waals surface area contributed by atoms with E-state index in [1.165, 1.54) is 0 Å². The lowest BCUT2D eigenvalue weighted by Crippen LogP contribution is -2.42. The van der Waals surface area contributed by atoms with E-state index in [9.17, 15) is 15.8 Å². The van der Waals surface area contributed by atoms with Gasteiger partial charge in [0.1, 0.15) is 11.8 Å². The van der Waals surface area contributed by atoms with E-state index in [-0.39, 0.29) is 17.2 Å². The lowest BCUT2D eigenvalue weighted by atomic mass is 9.56. The Kier molecular flexibility index (Phi) is 5.41. The van der Waals surface area contributed by atoms with Crippen LogP contribution in [-0.4, -0.2) is 14.2 Å². The number of hydrogen-bond acceptors (Lipinski definition) is 6. The molecule has 2 N–H and O–H groups in total. The van der Waals surface area contributed by atoms with Crippen LogP contribution in [-0.2, 0) is 11.3 Å². The molecule has 0 saturated heterocycles. The first-order valence-electron chi connectivity index (χ1n) is 9.16. The molecule has 0 saturated carbocycles. The average molecular weight is 374 g/mol. The fourth-order valence-electron chi connectivity index (χ4n) is 4.51. The van der Waals surface area contributed by atoms with Crippen LogP contribution in [0.1, 0.15) is 36.3 Å². The van der Waals surface area contributed by atoms with Gasteiger partial charge in [0.2, 0.25) is 0 Å². The molecule has 6 heteroatoms. The van der Waals surface area contributed by atoms with Gasteiger partial charge in [-0.1, -0.05) is 12.1 Å². The van der Waals surface area contributed by atoms with Crippen LogP contribution in [0.3, 0.4) is 0 Å². The zero-order valence-corrected chi connectivity index (χ0v) is 16.0. The second-order valence-electron chi connectivity index (χ2n) is 7.11. The van der Waals surface area contributed by atoms with Gasteiger partial charge in [-0.2, -0.15) is 15.8 Å². The normalized spacial score (nSPS) is 22.9. The van der Waals surface area contributed by atoms with Crippen molar-refractivity contribution in [1.29, 1.82) is 15.8 Å². The molecule has 2 atom stereocenters. The van der Waals surface area contributed by atoms with Crippen molar-refractivity contribution in [3.05, 3.63) is 52.2 Å². The van der Waals surface area contributed by atoms with Crippen molar-refractivity contribution in [3.63, 3.8) is 0 Å². The quantitative estimate of drug-likeness (QED) is 0.863. The molecule has 1 aromatic rings.